The van der Waals surface area contributed by atoms with E-state index in [4.69, 9.17) is 5.73 Å². The maximum absolute atomic E-state index is 5.77. The summed E-state index contributed by atoms with van der Waals surface area (Å²) in [5, 5.41) is 0.975. The number of hydrogen-bond donors (Lipinski definition) is 1. The molecule has 0 bridgehead atoms. The summed E-state index contributed by atoms with van der Waals surface area (Å²) in [4.78, 5) is 8.17. The number of nitrogens with two attached hydrogens (primary N) is 1. The molecule has 0 unspecified atom stereocenters. The van der Waals surface area contributed by atoms with Crippen LogP contribution in [0.2, 0.25) is 0 Å². The van der Waals surface area contributed by atoms with E-state index in [2.05, 4.69) is 16.9 Å². The third-order valence-electron chi connectivity index (χ3n) is 2.60. The van der Waals surface area contributed by atoms with Crippen LogP contribution in [0.5, 0.6) is 0 Å². The summed E-state index contributed by atoms with van der Waals surface area (Å²) in [5.41, 5.74) is 9.03. The fourth-order valence-electron chi connectivity index (χ4n) is 1.59. The Morgan fingerprint density at radius 3 is 2.62 bits per heavy atom. The monoisotopic (exact) mass is 176 g/mol. The Hall–Kier alpha value is -1.58. The van der Waals surface area contributed by atoms with Crippen LogP contribution in [0.4, 0.5) is 5.82 Å². The molecule has 0 aliphatic carbocycles. The molecule has 68 valence electrons. The highest BCUT2D eigenvalue weighted by atomic mass is 15.1. The second-order valence-electron chi connectivity index (χ2n) is 3.23. The summed E-state index contributed by atoms with van der Waals surface area (Å²) in [6.07, 6.45) is 1.50. The lowest BCUT2D eigenvalue weighted by molar-refractivity contribution is 0.893. The van der Waals surface area contributed by atoms with E-state index in [1.165, 1.54) is 12.0 Å². The van der Waals surface area contributed by atoms with Crippen molar-refractivity contribution in [1.29, 1.82) is 0 Å². The van der Waals surface area contributed by atoms with Gasteiger partial charge in [0.25, 0.3) is 0 Å². The molecule has 2 aromatic heterocycles. The molecule has 4 heteroatoms. The van der Waals surface area contributed by atoms with Crippen molar-refractivity contribution < 1.29 is 0 Å². The van der Waals surface area contributed by atoms with Crippen LogP contribution >= 0.6 is 0 Å². The first-order valence-corrected chi connectivity index (χ1v) is 4.15. The maximum Gasteiger partial charge on any atom is 0.145 e. The van der Waals surface area contributed by atoms with Crippen LogP contribution in [-0.2, 0) is 7.05 Å². The minimum atomic E-state index is 0.561. The lowest BCUT2D eigenvalue weighted by atomic mass is 10.2. The molecule has 0 aliphatic heterocycles. The Morgan fingerprint density at radius 1 is 1.31 bits per heavy atom. The van der Waals surface area contributed by atoms with Gasteiger partial charge in [-0.15, -0.1) is 0 Å². The fraction of sp³-hybridized carbons (Fsp3) is 0.333. The standard InChI is InChI=1S/C9H12N4/c1-5-6(2)13(3)9-7(5)8(10)11-4-12-9/h4H,1-3H3,(H2,10,11,12). The van der Waals surface area contributed by atoms with Gasteiger partial charge in [0.2, 0.25) is 0 Å². The van der Waals surface area contributed by atoms with Crippen LogP contribution in [0.15, 0.2) is 6.33 Å². The normalized spacial score (nSPS) is 11.0. The first-order valence-electron chi connectivity index (χ1n) is 4.15. The van der Waals surface area contributed by atoms with E-state index >= 15 is 0 Å². The van der Waals surface area contributed by atoms with E-state index < -0.39 is 0 Å². The van der Waals surface area contributed by atoms with Crippen molar-refractivity contribution in [3.63, 3.8) is 0 Å². The Morgan fingerprint density at radius 2 is 2.00 bits per heavy atom. The van der Waals surface area contributed by atoms with Gasteiger partial charge in [-0.2, -0.15) is 0 Å². The number of rotatable bonds is 0. The molecule has 4 nitrogen and oxygen atoms in total. The predicted molar refractivity (Wildman–Crippen MR) is 52.4 cm³/mol. The molecule has 2 heterocycles. The van der Waals surface area contributed by atoms with E-state index in [9.17, 15) is 0 Å². The van der Waals surface area contributed by atoms with Crippen molar-refractivity contribution in [3.05, 3.63) is 17.6 Å². The number of aryl methyl sites for hydroxylation is 2. The van der Waals surface area contributed by atoms with Crippen LogP contribution in [-0.4, -0.2) is 14.5 Å². The zero-order valence-electron chi connectivity index (χ0n) is 8.00. The van der Waals surface area contributed by atoms with Gasteiger partial charge in [-0.25, -0.2) is 9.97 Å². The van der Waals surface area contributed by atoms with Crippen molar-refractivity contribution in [3.8, 4) is 0 Å². The van der Waals surface area contributed by atoms with Crippen molar-refractivity contribution in [2.24, 2.45) is 7.05 Å². The number of fused-ring (bicyclic) bond motifs is 1. The molecule has 2 N–H and O–H groups in total. The Kier molecular flexibility index (Phi) is 1.52. The average molecular weight is 176 g/mol. The number of nitrogen functional groups attached to an aromatic ring is 1. The molecule has 2 rings (SSSR count). The first kappa shape index (κ1) is 8.04. The molecule has 0 amide bonds. The Labute approximate surface area is 76.4 Å². The molecule has 0 aromatic carbocycles. The van der Waals surface area contributed by atoms with Gasteiger partial charge < -0.3 is 10.3 Å². The summed E-state index contributed by atoms with van der Waals surface area (Å²) < 4.78 is 2.03. The molecule has 0 aliphatic rings. The quantitative estimate of drug-likeness (QED) is 0.655. The minimum Gasteiger partial charge on any atom is -0.383 e. The van der Waals surface area contributed by atoms with Crippen molar-refractivity contribution >= 4 is 16.9 Å². The molecule has 13 heavy (non-hydrogen) atoms. The molecule has 2 aromatic rings. The van der Waals surface area contributed by atoms with Crippen LogP contribution in [0, 0.1) is 13.8 Å². The van der Waals surface area contributed by atoms with Gasteiger partial charge >= 0.3 is 0 Å². The van der Waals surface area contributed by atoms with E-state index in [-0.39, 0.29) is 0 Å². The highest BCUT2D eigenvalue weighted by Gasteiger charge is 2.11. The van der Waals surface area contributed by atoms with Gasteiger partial charge in [0.05, 0.1) is 5.39 Å². The van der Waals surface area contributed by atoms with Crippen LogP contribution in [0.25, 0.3) is 11.0 Å². The average Bonchev–Trinajstić information content (AvgIpc) is 2.33. The van der Waals surface area contributed by atoms with Gasteiger partial charge in [0.15, 0.2) is 0 Å². The molecule has 0 spiro atoms. The molecular weight excluding hydrogens is 164 g/mol. The van der Waals surface area contributed by atoms with E-state index in [1.54, 1.807) is 0 Å². The summed E-state index contributed by atoms with van der Waals surface area (Å²) in [5.74, 6) is 0.561. The zero-order chi connectivity index (χ0) is 9.59. The summed E-state index contributed by atoms with van der Waals surface area (Å²) in [6, 6.07) is 0. The Bertz CT molecular complexity index is 470. The summed E-state index contributed by atoms with van der Waals surface area (Å²) in [6.45, 7) is 4.09. The third kappa shape index (κ3) is 0.915. The highest BCUT2D eigenvalue weighted by Crippen LogP contribution is 2.25. The topological polar surface area (TPSA) is 56.7 Å². The number of nitrogens with zero attached hydrogens (tertiary/aromatic N) is 3. The highest BCUT2D eigenvalue weighted by molar-refractivity contribution is 5.90. The molecule has 0 atom stereocenters. The van der Waals surface area contributed by atoms with E-state index in [0.29, 0.717) is 5.82 Å². The Balaban J connectivity index is 3.03. The van der Waals surface area contributed by atoms with Gasteiger partial charge in [-0.05, 0) is 19.4 Å². The van der Waals surface area contributed by atoms with E-state index in [1.807, 2.05) is 18.5 Å². The van der Waals surface area contributed by atoms with Gasteiger partial charge in [0, 0.05) is 12.7 Å². The van der Waals surface area contributed by atoms with Crippen molar-refractivity contribution in [2.45, 2.75) is 13.8 Å². The second kappa shape index (κ2) is 2.45. The lowest BCUT2D eigenvalue weighted by Gasteiger charge is -1.96. The van der Waals surface area contributed by atoms with Crippen molar-refractivity contribution in [1.82, 2.24) is 14.5 Å². The summed E-state index contributed by atoms with van der Waals surface area (Å²) in [7, 11) is 1.98. The van der Waals surface area contributed by atoms with Gasteiger partial charge in [0.1, 0.15) is 17.8 Å². The molecule has 0 fully saturated rings. The third-order valence-corrected chi connectivity index (χ3v) is 2.60. The molecule has 0 saturated heterocycles. The van der Waals surface area contributed by atoms with Crippen LogP contribution in [0.1, 0.15) is 11.3 Å². The molecular formula is C9H12N4. The largest absolute Gasteiger partial charge is 0.383 e. The number of aromatic nitrogens is 3. The van der Waals surface area contributed by atoms with Crippen LogP contribution in [0.3, 0.4) is 0 Å². The number of anilines is 1. The molecule has 0 saturated carbocycles. The first-order chi connectivity index (χ1) is 6.13. The van der Waals surface area contributed by atoms with Crippen LogP contribution < -0.4 is 5.73 Å². The lowest BCUT2D eigenvalue weighted by Crippen LogP contribution is -1.95. The van der Waals surface area contributed by atoms with E-state index in [0.717, 1.165) is 16.6 Å². The second-order valence-corrected chi connectivity index (χ2v) is 3.23. The maximum atomic E-state index is 5.77. The summed E-state index contributed by atoms with van der Waals surface area (Å²) >= 11 is 0. The van der Waals surface area contributed by atoms with Gasteiger partial charge in [-0.3, -0.25) is 0 Å². The zero-order valence-corrected chi connectivity index (χ0v) is 8.00. The predicted octanol–water partition coefficient (Wildman–Crippen LogP) is 1.17. The SMILES string of the molecule is Cc1c(C)n(C)c2ncnc(N)c12. The molecule has 0 radical (unpaired) electrons. The van der Waals surface area contributed by atoms with Crippen molar-refractivity contribution in [2.75, 3.05) is 5.73 Å². The van der Waals surface area contributed by atoms with Gasteiger partial charge in [-0.1, -0.05) is 0 Å². The minimum absolute atomic E-state index is 0.561. The fourth-order valence-corrected chi connectivity index (χ4v) is 1.59. The number of hydrogen-bond acceptors (Lipinski definition) is 3. The smallest absolute Gasteiger partial charge is 0.145 e.